The largest absolute Gasteiger partial charge is 0.363 e. The molecular formula is C11H19N3O. The SMILES string of the molecule is CC(C)CCC(C)Nc1ncc[nH]c1=O. The first-order valence-electron chi connectivity index (χ1n) is 5.40. The Balaban J connectivity index is 2.48. The topological polar surface area (TPSA) is 57.8 Å². The van der Waals surface area contributed by atoms with Gasteiger partial charge in [0.05, 0.1) is 0 Å². The minimum absolute atomic E-state index is 0.158. The van der Waals surface area contributed by atoms with Crippen LogP contribution in [0, 0.1) is 5.92 Å². The highest BCUT2D eigenvalue weighted by molar-refractivity contribution is 5.31. The first-order valence-corrected chi connectivity index (χ1v) is 5.40. The van der Waals surface area contributed by atoms with E-state index in [1.165, 1.54) is 6.20 Å². The molecular weight excluding hydrogens is 190 g/mol. The van der Waals surface area contributed by atoms with Crippen molar-refractivity contribution < 1.29 is 0 Å². The molecule has 15 heavy (non-hydrogen) atoms. The van der Waals surface area contributed by atoms with E-state index in [4.69, 9.17) is 0 Å². The zero-order valence-electron chi connectivity index (χ0n) is 9.58. The zero-order valence-corrected chi connectivity index (χ0v) is 9.58. The van der Waals surface area contributed by atoms with Gasteiger partial charge in [-0.25, -0.2) is 4.98 Å². The molecule has 0 spiro atoms. The number of nitrogens with one attached hydrogen (secondary N) is 2. The van der Waals surface area contributed by atoms with E-state index >= 15 is 0 Å². The number of nitrogens with zero attached hydrogens (tertiary/aromatic N) is 1. The van der Waals surface area contributed by atoms with Crippen molar-refractivity contribution in [2.75, 3.05) is 5.32 Å². The second-order valence-corrected chi connectivity index (χ2v) is 4.28. The van der Waals surface area contributed by atoms with Crippen molar-refractivity contribution in [1.29, 1.82) is 0 Å². The highest BCUT2D eigenvalue weighted by Gasteiger charge is 2.06. The predicted molar refractivity (Wildman–Crippen MR) is 62.0 cm³/mol. The third-order valence-electron chi connectivity index (χ3n) is 2.27. The van der Waals surface area contributed by atoms with Crippen LogP contribution in [-0.4, -0.2) is 16.0 Å². The predicted octanol–water partition coefficient (Wildman–Crippen LogP) is 2.01. The van der Waals surface area contributed by atoms with Crippen LogP contribution >= 0.6 is 0 Å². The monoisotopic (exact) mass is 209 g/mol. The van der Waals surface area contributed by atoms with Crippen molar-refractivity contribution in [2.24, 2.45) is 5.92 Å². The fourth-order valence-corrected chi connectivity index (χ4v) is 1.34. The van der Waals surface area contributed by atoms with Gasteiger partial charge in [0.25, 0.3) is 5.56 Å². The Bertz CT molecular complexity index is 346. The summed E-state index contributed by atoms with van der Waals surface area (Å²) in [7, 11) is 0. The van der Waals surface area contributed by atoms with Crippen molar-refractivity contribution in [3.63, 3.8) is 0 Å². The van der Waals surface area contributed by atoms with E-state index in [0.29, 0.717) is 11.7 Å². The molecule has 0 aliphatic carbocycles. The molecule has 1 rings (SSSR count). The Kier molecular flexibility index (Phi) is 4.34. The third kappa shape index (κ3) is 4.14. The summed E-state index contributed by atoms with van der Waals surface area (Å²) in [6.45, 7) is 6.46. The highest BCUT2D eigenvalue weighted by atomic mass is 16.1. The number of hydrogen-bond donors (Lipinski definition) is 2. The molecule has 4 nitrogen and oxygen atoms in total. The lowest BCUT2D eigenvalue weighted by Crippen LogP contribution is -2.23. The molecule has 0 aromatic carbocycles. The molecule has 0 saturated heterocycles. The number of hydrogen-bond acceptors (Lipinski definition) is 3. The lowest BCUT2D eigenvalue weighted by Gasteiger charge is -2.14. The molecule has 0 aliphatic heterocycles. The van der Waals surface area contributed by atoms with Gasteiger partial charge >= 0.3 is 0 Å². The fourth-order valence-electron chi connectivity index (χ4n) is 1.34. The summed E-state index contributed by atoms with van der Waals surface area (Å²) in [6.07, 6.45) is 5.32. The van der Waals surface area contributed by atoms with Crippen LogP contribution in [0.2, 0.25) is 0 Å². The zero-order chi connectivity index (χ0) is 11.3. The minimum atomic E-state index is -0.158. The molecule has 1 unspecified atom stereocenters. The summed E-state index contributed by atoms with van der Waals surface area (Å²) in [4.78, 5) is 17.9. The van der Waals surface area contributed by atoms with Gasteiger partial charge in [0, 0.05) is 18.4 Å². The van der Waals surface area contributed by atoms with E-state index < -0.39 is 0 Å². The van der Waals surface area contributed by atoms with Gasteiger partial charge in [-0.05, 0) is 25.7 Å². The molecule has 2 N–H and O–H groups in total. The Morgan fingerprint density at radius 2 is 2.13 bits per heavy atom. The highest BCUT2D eigenvalue weighted by Crippen LogP contribution is 2.08. The first kappa shape index (κ1) is 11.8. The number of anilines is 1. The number of rotatable bonds is 5. The maximum absolute atomic E-state index is 11.3. The second kappa shape index (κ2) is 5.53. The average Bonchev–Trinajstić information content (AvgIpc) is 2.18. The van der Waals surface area contributed by atoms with Crippen molar-refractivity contribution in [2.45, 2.75) is 39.7 Å². The van der Waals surface area contributed by atoms with Crippen molar-refractivity contribution in [3.8, 4) is 0 Å². The van der Waals surface area contributed by atoms with Crippen LogP contribution in [0.25, 0.3) is 0 Å². The van der Waals surface area contributed by atoms with Crippen molar-refractivity contribution in [3.05, 3.63) is 22.7 Å². The molecule has 0 aliphatic rings. The van der Waals surface area contributed by atoms with Crippen LogP contribution in [0.15, 0.2) is 17.2 Å². The number of H-pyrrole nitrogens is 1. The van der Waals surface area contributed by atoms with Crippen molar-refractivity contribution in [1.82, 2.24) is 9.97 Å². The van der Waals surface area contributed by atoms with Crippen LogP contribution in [0.5, 0.6) is 0 Å². The van der Waals surface area contributed by atoms with Crippen molar-refractivity contribution >= 4 is 5.82 Å². The van der Waals surface area contributed by atoms with Gasteiger partial charge in [0.1, 0.15) is 0 Å². The maximum atomic E-state index is 11.3. The van der Waals surface area contributed by atoms with Crippen LogP contribution in [0.3, 0.4) is 0 Å². The summed E-state index contributed by atoms with van der Waals surface area (Å²) in [5.74, 6) is 1.10. The van der Waals surface area contributed by atoms with E-state index in [9.17, 15) is 4.79 Å². The summed E-state index contributed by atoms with van der Waals surface area (Å²) in [5, 5.41) is 3.11. The van der Waals surface area contributed by atoms with Crippen LogP contribution in [-0.2, 0) is 0 Å². The summed E-state index contributed by atoms with van der Waals surface area (Å²) >= 11 is 0. The van der Waals surface area contributed by atoms with E-state index in [1.807, 2.05) is 0 Å². The Morgan fingerprint density at radius 1 is 1.40 bits per heavy atom. The summed E-state index contributed by atoms with van der Waals surface area (Å²) < 4.78 is 0. The molecule has 84 valence electrons. The van der Waals surface area contributed by atoms with Crippen LogP contribution in [0.4, 0.5) is 5.82 Å². The molecule has 0 saturated carbocycles. The molecule has 1 heterocycles. The van der Waals surface area contributed by atoms with E-state index in [0.717, 1.165) is 12.8 Å². The summed E-state index contributed by atoms with van der Waals surface area (Å²) in [6, 6.07) is 0.281. The van der Waals surface area contributed by atoms with E-state index in [2.05, 4.69) is 36.1 Å². The van der Waals surface area contributed by atoms with Gasteiger partial charge < -0.3 is 10.3 Å². The van der Waals surface area contributed by atoms with E-state index in [1.54, 1.807) is 6.20 Å². The lowest BCUT2D eigenvalue weighted by atomic mass is 10.0. The first-order chi connectivity index (χ1) is 7.09. The summed E-state index contributed by atoms with van der Waals surface area (Å²) in [5.41, 5.74) is -0.158. The number of aromatic amines is 1. The molecule has 1 aromatic rings. The molecule has 0 amide bonds. The number of aromatic nitrogens is 2. The Hall–Kier alpha value is -1.32. The molecule has 1 aromatic heterocycles. The minimum Gasteiger partial charge on any atom is -0.363 e. The average molecular weight is 209 g/mol. The second-order valence-electron chi connectivity index (χ2n) is 4.28. The lowest BCUT2D eigenvalue weighted by molar-refractivity contribution is 0.527. The Morgan fingerprint density at radius 3 is 2.73 bits per heavy atom. The molecule has 0 bridgehead atoms. The maximum Gasteiger partial charge on any atom is 0.290 e. The molecule has 4 heteroatoms. The smallest absolute Gasteiger partial charge is 0.290 e. The normalized spacial score (nSPS) is 12.8. The molecule has 1 atom stereocenters. The molecule has 0 radical (unpaired) electrons. The standard InChI is InChI=1S/C11H19N3O/c1-8(2)4-5-9(3)14-10-11(15)13-7-6-12-10/h6-9H,4-5H2,1-3H3,(H,12,14)(H,13,15). The quantitative estimate of drug-likeness (QED) is 0.780. The van der Waals surface area contributed by atoms with Gasteiger partial charge in [-0.1, -0.05) is 13.8 Å². The van der Waals surface area contributed by atoms with Gasteiger partial charge in [0.15, 0.2) is 5.82 Å². The molecule has 0 fully saturated rings. The Labute approximate surface area is 90.1 Å². The van der Waals surface area contributed by atoms with Gasteiger partial charge in [0.2, 0.25) is 0 Å². The van der Waals surface area contributed by atoms with E-state index in [-0.39, 0.29) is 11.6 Å². The van der Waals surface area contributed by atoms with Crippen LogP contribution < -0.4 is 10.9 Å². The van der Waals surface area contributed by atoms with Gasteiger partial charge in [-0.15, -0.1) is 0 Å². The third-order valence-corrected chi connectivity index (χ3v) is 2.27. The van der Waals surface area contributed by atoms with Crippen LogP contribution in [0.1, 0.15) is 33.6 Å². The fraction of sp³-hybridized carbons (Fsp3) is 0.636. The van der Waals surface area contributed by atoms with Gasteiger partial charge in [-0.2, -0.15) is 0 Å². The van der Waals surface area contributed by atoms with Gasteiger partial charge in [-0.3, -0.25) is 4.79 Å².